The van der Waals surface area contributed by atoms with Crippen molar-refractivity contribution in [1.82, 2.24) is 30.5 Å². The lowest BCUT2D eigenvalue weighted by Gasteiger charge is -2.19. The Hall–Kier alpha value is -3.16. The van der Waals surface area contributed by atoms with Gasteiger partial charge in [-0.3, -0.25) is 9.59 Å². The van der Waals surface area contributed by atoms with Crippen molar-refractivity contribution in [2.75, 3.05) is 13.1 Å². The van der Waals surface area contributed by atoms with Crippen LogP contribution in [0.1, 0.15) is 34.6 Å². The monoisotopic (exact) mass is 441 g/mol. The predicted octanol–water partition coefficient (Wildman–Crippen LogP) is 2.61. The fourth-order valence-electron chi connectivity index (χ4n) is 3.36. The number of likely N-dealkylation sites (tertiary alicyclic amines) is 1. The summed E-state index contributed by atoms with van der Waals surface area (Å²) in [5.41, 5.74) is 0.538. The molecule has 3 heterocycles. The number of nitrogens with zero attached hydrogens (tertiary/aromatic N) is 5. The SMILES string of the molecule is N#Cc1c(SCc2nn[nH]n2)[nH]c(=O)c(C(=O)N2CCCC2)c1-c1ccc(Cl)cc1. The first kappa shape index (κ1) is 20.1. The largest absolute Gasteiger partial charge is 0.338 e. The molecule has 9 nitrogen and oxygen atoms in total. The van der Waals surface area contributed by atoms with Gasteiger partial charge in [-0.1, -0.05) is 40.7 Å². The summed E-state index contributed by atoms with van der Waals surface area (Å²) in [5.74, 6) is 0.348. The van der Waals surface area contributed by atoms with E-state index in [0.29, 0.717) is 45.8 Å². The summed E-state index contributed by atoms with van der Waals surface area (Å²) in [6.07, 6.45) is 1.79. The number of H-pyrrole nitrogens is 2. The van der Waals surface area contributed by atoms with Gasteiger partial charge in [0.1, 0.15) is 11.6 Å². The summed E-state index contributed by atoms with van der Waals surface area (Å²) < 4.78 is 0. The smallest absolute Gasteiger partial charge is 0.262 e. The van der Waals surface area contributed by atoms with E-state index < -0.39 is 5.56 Å². The van der Waals surface area contributed by atoms with Crippen LogP contribution in [-0.4, -0.2) is 49.5 Å². The van der Waals surface area contributed by atoms with Gasteiger partial charge in [-0.15, -0.1) is 10.2 Å². The third-order valence-corrected chi connectivity index (χ3v) is 6.02. The second-order valence-corrected chi connectivity index (χ2v) is 8.06. The third-order valence-electron chi connectivity index (χ3n) is 4.77. The number of pyridine rings is 1. The van der Waals surface area contributed by atoms with Gasteiger partial charge in [0.15, 0.2) is 5.82 Å². The van der Waals surface area contributed by atoms with Crippen molar-refractivity contribution in [2.45, 2.75) is 23.6 Å². The number of amides is 1. The molecule has 11 heteroatoms. The maximum absolute atomic E-state index is 13.2. The van der Waals surface area contributed by atoms with E-state index in [1.807, 2.05) is 0 Å². The number of aromatic amines is 2. The molecular weight excluding hydrogens is 426 g/mol. The van der Waals surface area contributed by atoms with Crippen molar-refractivity contribution in [3.05, 3.63) is 56.6 Å². The Labute approximate surface area is 180 Å². The van der Waals surface area contributed by atoms with Crippen LogP contribution in [0.2, 0.25) is 5.02 Å². The molecule has 1 fully saturated rings. The second kappa shape index (κ2) is 8.69. The molecule has 0 spiro atoms. The van der Waals surface area contributed by atoms with Crippen molar-refractivity contribution in [1.29, 1.82) is 5.26 Å². The minimum atomic E-state index is -0.536. The van der Waals surface area contributed by atoms with Gasteiger partial charge >= 0.3 is 0 Å². The highest BCUT2D eigenvalue weighted by molar-refractivity contribution is 7.98. The van der Waals surface area contributed by atoms with E-state index in [0.717, 1.165) is 12.8 Å². The highest BCUT2D eigenvalue weighted by Crippen LogP contribution is 2.33. The molecule has 1 saturated heterocycles. The van der Waals surface area contributed by atoms with Crippen LogP contribution >= 0.6 is 23.4 Å². The molecular formula is C19H16ClN7O2S. The Bertz CT molecular complexity index is 1160. The van der Waals surface area contributed by atoms with E-state index in [2.05, 4.69) is 31.7 Å². The summed E-state index contributed by atoms with van der Waals surface area (Å²) >= 11 is 7.21. The summed E-state index contributed by atoms with van der Waals surface area (Å²) in [7, 11) is 0. The Balaban J connectivity index is 1.86. The molecule has 3 aromatic rings. The van der Waals surface area contributed by atoms with Crippen LogP contribution in [0.15, 0.2) is 34.1 Å². The first-order valence-electron chi connectivity index (χ1n) is 9.19. The molecule has 4 rings (SSSR count). The van der Waals surface area contributed by atoms with Gasteiger partial charge in [0, 0.05) is 23.7 Å². The topological polar surface area (TPSA) is 131 Å². The highest BCUT2D eigenvalue weighted by atomic mass is 35.5. The fraction of sp³-hybridized carbons (Fsp3) is 0.263. The van der Waals surface area contributed by atoms with Gasteiger partial charge < -0.3 is 9.88 Å². The molecule has 0 unspecified atom stereocenters. The van der Waals surface area contributed by atoms with Crippen LogP contribution in [0.3, 0.4) is 0 Å². The number of rotatable bonds is 5. The summed E-state index contributed by atoms with van der Waals surface area (Å²) in [6.45, 7) is 1.18. The van der Waals surface area contributed by atoms with Gasteiger partial charge in [-0.25, -0.2) is 0 Å². The number of carbonyl (C=O) groups is 1. The van der Waals surface area contributed by atoms with E-state index in [4.69, 9.17) is 11.6 Å². The van der Waals surface area contributed by atoms with Crippen LogP contribution < -0.4 is 5.56 Å². The summed E-state index contributed by atoms with van der Waals surface area (Å²) in [5, 5.41) is 24.4. The van der Waals surface area contributed by atoms with Crippen LogP contribution in [0, 0.1) is 11.3 Å². The minimum Gasteiger partial charge on any atom is -0.338 e. The normalized spacial score (nSPS) is 13.4. The first-order valence-corrected chi connectivity index (χ1v) is 10.6. The Morgan fingerprint density at radius 3 is 2.63 bits per heavy atom. The molecule has 0 atom stereocenters. The van der Waals surface area contributed by atoms with Crippen LogP contribution in [0.5, 0.6) is 0 Å². The molecule has 30 heavy (non-hydrogen) atoms. The molecule has 152 valence electrons. The number of carbonyl (C=O) groups excluding carboxylic acids is 1. The van der Waals surface area contributed by atoms with Crippen LogP contribution in [0.4, 0.5) is 0 Å². The molecule has 1 aliphatic rings. The predicted molar refractivity (Wildman–Crippen MR) is 111 cm³/mol. The summed E-state index contributed by atoms with van der Waals surface area (Å²) in [4.78, 5) is 30.6. The number of hydrogen-bond donors (Lipinski definition) is 2. The summed E-state index contributed by atoms with van der Waals surface area (Å²) in [6, 6.07) is 8.89. The molecule has 2 N–H and O–H groups in total. The van der Waals surface area contributed by atoms with Crippen LogP contribution in [-0.2, 0) is 5.75 Å². The minimum absolute atomic E-state index is 0.0281. The van der Waals surface area contributed by atoms with Crippen LogP contribution in [0.25, 0.3) is 11.1 Å². The zero-order chi connectivity index (χ0) is 21.1. The third kappa shape index (κ3) is 3.94. The van der Waals surface area contributed by atoms with E-state index in [1.165, 1.54) is 11.8 Å². The number of halogens is 1. The lowest BCUT2D eigenvalue weighted by atomic mass is 9.96. The highest BCUT2D eigenvalue weighted by Gasteiger charge is 2.29. The quantitative estimate of drug-likeness (QED) is 0.581. The number of tetrazole rings is 1. The van der Waals surface area contributed by atoms with Crippen molar-refractivity contribution in [3.8, 4) is 17.2 Å². The van der Waals surface area contributed by atoms with Crippen molar-refractivity contribution >= 4 is 29.3 Å². The number of nitriles is 1. The maximum Gasteiger partial charge on any atom is 0.262 e. The molecule has 0 saturated carbocycles. The molecule has 1 amide bonds. The molecule has 1 aromatic carbocycles. The van der Waals surface area contributed by atoms with Gasteiger partial charge in [0.05, 0.1) is 16.3 Å². The van der Waals surface area contributed by atoms with Crippen molar-refractivity contribution < 1.29 is 4.79 Å². The Morgan fingerprint density at radius 1 is 1.27 bits per heavy atom. The van der Waals surface area contributed by atoms with E-state index in [1.54, 1.807) is 29.2 Å². The lowest BCUT2D eigenvalue weighted by Crippen LogP contribution is -2.33. The first-order chi connectivity index (χ1) is 14.6. The number of thioether (sulfide) groups is 1. The van der Waals surface area contributed by atoms with Crippen molar-refractivity contribution in [2.24, 2.45) is 0 Å². The van der Waals surface area contributed by atoms with Crippen molar-refractivity contribution in [3.63, 3.8) is 0 Å². The van der Waals surface area contributed by atoms with Gasteiger partial charge in [0.2, 0.25) is 0 Å². The average molecular weight is 442 g/mol. The maximum atomic E-state index is 13.2. The fourth-order valence-corrected chi connectivity index (χ4v) is 4.34. The molecule has 0 aliphatic carbocycles. The number of benzene rings is 1. The molecule has 0 bridgehead atoms. The molecule has 0 radical (unpaired) electrons. The number of nitrogens with one attached hydrogen (secondary N) is 2. The van der Waals surface area contributed by atoms with Gasteiger partial charge in [0.25, 0.3) is 11.5 Å². The molecule has 2 aromatic heterocycles. The lowest BCUT2D eigenvalue weighted by molar-refractivity contribution is 0.0791. The van der Waals surface area contributed by atoms with E-state index >= 15 is 0 Å². The zero-order valence-corrected chi connectivity index (χ0v) is 17.3. The van der Waals surface area contributed by atoms with Gasteiger partial charge in [-0.05, 0) is 30.5 Å². The number of hydrogen-bond acceptors (Lipinski definition) is 7. The van der Waals surface area contributed by atoms with E-state index in [-0.39, 0.29) is 17.0 Å². The number of aromatic nitrogens is 5. The second-order valence-electron chi connectivity index (χ2n) is 6.64. The average Bonchev–Trinajstić information content (AvgIpc) is 3.46. The Morgan fingerprint density at radius 2 is 2.00 bits per heavy atom. The van der Waals surface area contributed by atoms with Gasteiger partial charge in [-0.2, -0.15) is 10.5 Å². The Kier molecular flexibility index (Phi) is 5.83. The standard InChI is InChI=1S/C19H16ClN7O2S/c20-12-5-3-11(4-6-12)15-13(9-21)18(30-10-14-23-25-26-24-14)22-17(28)16(15)19(29)27-7-1-2-8-27/h3-6H,1-2,7-8,10H2,(H,22,28)(H,23,24,25,26). The van der Waals surface area contributed by atoms with E-state index in [9.17, 15) is 14.9 Å². The zero-order valence-electron chi connectivity index (χ0n) is 15.7. The molecule has 1 aliphatic heterocycles.